The molecule has 416 valence electrons. The van der Waals surface area contributed by atoms with E-state index in [4.69, 9.17) is 0 Å². The normalized spacial score (nSPS) is 14.3. The van der Waals surface area contributed by atoms with Crippen LogP contribution in [0.1, 0.15) is 77.2 Å². The van der Waals surface area contributed by atoms with Crippen LogP contribution in [-0.2, 0) is 17.4 Å². The van der Waals surface area contributed by atoms with Crippen molar-refractivity contribution in [2.75, 3.05) is 0 Å². The molecule has 11 aromatic rings. The van der Waals surface area contributed by atoms with Gasteiger partial charge in [-0.15, -0.1) is 0 Å². The smallest absolute Gasteiger partial charge is 0.319 e. The zero-order valence-electron chi connectivity index (χ0n) is 43.1. The summed E-state index contributed by atoms with van der Waals surface area (Å²) >= 11 is 0. The number of nitrogens with zero attached hydrogens (tertiary/aromatic N) is 8. The number of aromatic nitrogens is 8. The number of hydrogen-bond donors (Lipinski definition) is 0. The first kappa shape index (κ1) is 51.7. The summed E-state index contributed by atoms with van der Waals surface area (Å²) in [5, 5.41) is 0. The van der Waals surface area contributed by atoms with Crippen LogP contribution in [0.2, 0.25) is 0 Å². The molecule has 0 saturated heterocycles. The molecule has 0 amide bonds. The van der Waals surface area contributed by atoms with Crippen LogP contribution in [0.5, 0.6) is 0 Å². The molecule has 7 aromatic carbocycles. The Hall–Kier alpha value is -9.41. The zero-order valence-corrected chi connectivity index (χ0v) is 43.1. The minimum absolute atomic E-state index is 0.0247. The van der Waals surface area contributed by atoms with Crippen LogP contribution >= 0.6 is 0 Å². The van der Waals surface area contributed by atoms with Crippen molar-refractivity contribution in [1.29, 1.82) is 0 Å². The molecule has 23 heteroatoms. The van der Waals surface area contributed by atoms with E-state index in [-0.39, 0.29) is 79.8 Å². The highest BCUT2D eigenvalue weighted by Crippen LogP contribution is 2.59. The molecule has 0 radical (unpaired) electrons. The third-order valence-corrected chi connectivity index (χ3v) is 16.7. The predicted molar refractivity (Wildman–Crippen MR) is 279 cm³/mol. The van der Waals surface area contributed by atoms with E-state index in [1.165, 1.54) is 49.6 Å². The van der Waals surface area contributed by atoms with Gasteiger partial charge < -0.3 is 4.57 Å². The maximum atomic E-state index is 15.8. The number of halogens is 12. The summed E-state index contributed by atoms with van der Waals surface area (Å²) in [7, 11) is 0. The Kier molecular flexibility index (Phi) is 10.2. The molecule has 0 fully saturated rings. The second-order valence-electron chi connectivity index (χ2n) is 21.1. The molecule has 0 saturated carbocycles. The first-order valence-corrected chi connectivity index (χ1v) is 25.4. The van der Waals surface area contributed by atoms with Crippen LogP contribution in [0, 0.1) is 20.8 Å². The summed E-state index contributed by atoms with van der Waals surface area (Å²) in [6, 6.07) is 22.5. The zero-order chi connectivity index (χ0) is 58.7. The lowest BCUT2D eigenvalue weighted by Crippen LogP contribution is -2.54. The summed E-state index contributed by atoms with van der Waals surface area (Å²) in [5.41, 5.74) is -10.8. The molecule has 83 heavy (non-hydrogen) atoms. The Morgan fingerprint density at radius 3 is 1.35 bits per heavy atom. The van der Waals surface area contributed by atoms with Crippen molar-refractivity contribution in [2.24, 2.45) is 0 Å². The average Bonchev–Trinajstić information content (AvgIpc) is 1.97. The molecule has 3 aliphatic heterocycles. The topological polar surface area (TPSA) is 122 Å². The molecule has 7 heterocycles. The van der Waals surface area contributed by atoms with E-state index >= 15 is 52.7 Å². The summed E-state index contributed by atoms with van der Waals surface area (Å²) in [6.07, 6.45) is -23.9. The van der Waals surface area contributed by atoms with Crippen LogP contribution in [0.15, 0.2) is 121 Å². The fourth-order valence-corrected chi connectivity index (χ4v) is 12.7. The van der Waals surface area contributed by atoms with Gasteiger partial charge in [-0.25, -0.2) is 19.9 Å². The van der Waals surface area contributed by atoms with Crippen molar-refractivity contribution in [2.45, 2.75) is 69.8 Å². The van der Waals surface area contributed by atoms with Crippen molar-refractivity contribution in [3.8, 4) is 45.3 Å². The second kappa shape index (κ2) is 16.4. The number of aryl methyl sites for hydroxylation is 3. The number of hydrogen-bond acceptors (Lipinski definition) is 7. The molecule has 11 nitrogen and oxygen atoms in total. The molecule has 0 spiro atoms. The van der Waals surface area contributed by atoms with Crippen molar-refractivity contribution in [3.05, 3.63) is 177 Å². The third-order valence-electron chi connectivity index (χ3n) is 16.7. The van der Waals surface area contributed by atoms with E-state index in [9.17, 15) is 14.4 Å². The average molecular weight is 1140 g/mol. The molecule has 4 aromatic heterocycles. The Morgan fingerprint density at radius 2 is 0.867 bits per heavy atom. The predicted octanol–water partition coefficient (Wildman–Crippen LogP) is 14.5. The van der Waals surface area contributed by atoms with Crippen molar-refractivity contribution in [1.82, 2.24) is 38.2 Å². The van der Waals surface area contributed by atoms with Crippen LogP contribution in [0.4, 0.5) is 52.7 Å². The largest absolute Gasteiger partial charge is 0.411 e. The number of carbonyl (C=O) groups is 3. The Labute approximate surface area is 458 Å². The Morgan fingerprint density at radius 1 is 0.422 bits per heavy atom. The highest BCUT2D eigenvalue weighted by Gasteiger charge is 2.74. The summed E-state index contributed by atoms with van der Waals surface area (Å²) in [6.45, 7) is 5.75. The first-order valence-electron chi connectivity index (χ1n) is 25.4. The highest BCUT2D eigenvalue weighted by atomic mass is 19.4. The minimum Gasteiger partial charge on any atom is -0.319 e. The van der Waals surface area contributed by atoms with E-state index in [1.807, 2.05) is 0 Å². The first-order chi connectivity index (χ1) is 39.0. The molecular weight excluding hydrogens is 1110 g/mol. The molecular formula is C60H34F12N8O3. The van der Waals surface area contributed by atoms with E-state index in [1.54, 1.807) is 35.8 Å². The van der Waals surface area contributed by atoms with Gasteiger partial charge in [0.25, 0.3) is 11.8 Å². The van der Waals surface area contributed by atoms with E-state index in [0.717, 1.165) is 57.7 Å². The second-order valence-corrected chi connectivity index (χ2v) is 21.1. The van der Waals surface area contributed by atoms with Gasteiger partial charge in [-0.1, -0.05) is 72.8 Å². The summed E-state index contributed by atoms with van der Waals surface area (Å²) in [4.78, 5) is 59.4. The van der Waals surface area contributed by atoms with Crippen LogP contribution in [0.3, 0.4) is 0 Å². The van der Waals surface area contributed by atoms with Crippen molar-refractivity contribution >= 4 is 61.9 Å². The van der Waals surface area contributed by atoms with E-state index < -0.39 is 80.7 Å². The van der Waals surface area contributed by atoms with Gasteiger partial charge in [0, 0.05) is 23.6 Å². The quantitative estimate of drug-likeness (QED) is 0.157. The number of carbonyl (C=O) groups excluding carboxylic acids is 3. The molecule has 0 bridgehead atoms. The Bertz CT molecular complexity index is 4770. The number of fused-ring (bicyclic) bond motifs is 16. The van der Waals surface area contributed by atoms with Gasteiger partial charge in [-0.2, -0.15) is 52.7 Å². The number of benzene rings is 7. The fraction of sp³-hybridized carbons (Fsp3) is 0.183. The molecule has 0 N–H and O–H groups in total. The molecule has 0 aliphatic carbocycles. The van der Waals surface area contributed by atoms with Crippen LogP contribution < -0.4 is 0 Å². The molecule has 3 aliphatic rings. The van der Waals surface area contributed by atoms with Gasteiger partial charge >= 0.3 is 24.7 Å². The maximum Gasteiger partial charge on any atom is 0.411 e. The van der Waals surface area contributed by atoms with Crippen molar-refractivity contribution < 1.29 is 67.1 Å². The van der Waals surface area contributed by atoms with E-state index in [2.05, 4.69) is 19.9 Å². The molecule has 0 unspecified atom stereocenters. The van der Waals surface area contributed by atoms with Gasteiger partial charge in [0.1, 0.15) is 23.3 Å². The monoisotopic (exact) mass is 1140 g/mol. The van der Waals surface area contributed by atoms with Gasteiger partial charge in [0.15, 0.2) is 0 Å². The van der Waals surface area contributed by atoms with Gasteiger partial charge in [-0.05, 0) is 119 Å². The van der Waals surface area contributed by atoms with Crippen LogP contribution in [-0.4, -0.2) is 80.6 Å². The standard InChI is InChI=1S/C60H34F12N8O3/c1-26-5-8-33(17-27(26)2)55(57(61,62)63,58(64,65)66)35-10-13-38-40(21-35)53(82)79-47-19-30(6-15-42(47)74-51(38)79)31-7-16-43-48(20-31)80-52(75-43)39-14-11-36(22-41(39)54(80)83)56(59(67,68)69,60(70,71)72)34-9-12-37-32(18-34)25-77-46-24-49-45(23-44(46)76-50(37)77)73-28(3)78(49)29(4)81/h5-24H,25H2,1-4H3. The SMILES string of the molecule is CC(=O)n1c(C)nc2cc3nc4n(c3cc21)Cc1cc(C(c2ccc3c(c2)C(=O)n2c-3nc3ccc(-c5ccc6nc7n(c6c5)C(=O)c5cc(C(c6ccc(C)c(C)c6)(C(F)(F)F)C(F)(F)F)ccc5-7)cc32)(C(F)(F)F)C(F)(F)F)ccc1-4. The van der Waals surface area contributed by atoms with Crippen LogP contribution in [0.25, 0.3) is 89.4 Å². The molecule has 0 atom stereocenters. The third kappa shape index (κ3) is 6.69. The minimum atomic E-state index is -6.03. The number of rotatable bonds is 5. The number of alkyl halides is 12. The van der Waals surface area contributed by atoms with Gasteiger partial charge in [0.2, 0.25) is 16.7 Å². The lowest BCUT2D eigenvalue weighted by molar-refractivity contribution is -0.290. The molecule has 14 rings (SSSR count). The highest BCUT2D eigenvalue weighted by molar-refractivity contribution is 6.15. The van der Waals surface area contributed by atoms with Gasteiger partial charge in [0.05, 0.1) is 61.8 Å². The lowest BCUT2D eigenvalue weighted by atomic mass is 9.71. The van der Waals surface area contributed by atoms with E-state index in [0.29, 0.717) is 68.8 Å². The summed E-state index contributed by atoms with van der Waals surface area (Å²) < 4.78 is 191. The number of imidazole rings is 4. The lowest BCUT2D eigenvalue weighted by Gasteiger charge is -2.38. The maximum absolute atomic E-state index is 15.8. The fourth-order valence-electron chi connectivity index (χ4n) is 12.7. The summed E-state index contributed by atoms with van der Waals surface area (Å²) in [5.74, 6) is -1.71. The van der Waals surface area contributed by atoms with Crippen molar-refractivity contribution in [3.63, 3.8) is 0 Å². The Balaban J connectivity index is 0.812. The van der Waals surface area contributed by atoms with Gasteiger partial charge in [-0.3, -0.25) is 28.1 Å².